The van der Waals surface area contributed by atoms with Gasteiger partial charge >= 0.3 is 0 Å². The zero-order chi connectivity index (χ0) is 12.5. The molecular formula is C16H15NO. The third-order valence-electron chi connectivity index (χ3n) is 3.43. The predicted octanol–water partition coefficient (Wildman–Crippen LogP) is 3.66. The van der Waals surface area contributed by atoms with E-state index < -0.39 is 0 Å². The van der Waals surface area contributed by atoms with E-state index in [9.17, 15) is 4.79 Å². The maximum absolute atomic E-state index is 12.2. The second-order valence-corrected chi connectivity index (χ2v) is 4.73. The molecule has 90 valence electrons. The van der Waals surface area contributed by atoms with Crippen molar-refractivity contribution in [2.24, 2.45) is 5.92 Å². The maximum Gasteiger partial charge on any atom is 0.169 e. The maximum atomic E-state index is 12.2. The third-order valence-corrected chi connectivity index (χ3v) is 3.43. The number of ketones is 1. The molecule has 2 aromatic rings. The molecule has 0 saturated heterocycles. The minimum absolute atomic E-state index is 0.0418. The first-order chi connectivity index (χ1) is 8.77. The largest absolute Gasteiger partial charge is 0.340 e. The Kier molecular flexibility index (Phi) is 2.63. The normalized spacial score (nSPS) is 18.6. The molecule has 0 aliphatic carbocycles. The zero-order valence-corrected chi connectivity index (χ0v) is 10.3. The molecule has 3 rings (SSSR count). The summed E-state index contributed by atoms with van der Waals surface area (Å²) in [6, 6.07) is 18.1. The van der Waals surface area contributed by atoms with Crippen molar-refractivity contribution in [3.63, 3.8) is 0 Å². The number of hydrogen-bond acceptors (Lipinski definition) is 2. The molecule has 18 heavy (non-hydrogen) atoms. The number of para-hydroxylation sites is 2. The molecule has 2 aromatic carbocycles. The van der Waals surface area contributed by atoms with Gasteiger partial charge in [0.05, 0.1) is 5.69 Å². The van der Waals surface area contributed by atoms with Crippen LogP contribution in [0, 0.1) is 5.92 Å². The van der Waals surface area contributed by atoms with E-state index in [4.69, 9.17) is 0 Å². The number of hydrogen-bond donors (Lipinski definition) is 0. The highest BCUT2D eigenvalue weighted by Crippen LogP contribution is 2.34. The molecule has 1 unspecified atom stereocenters. The van der Waals surface area contributed by atoms with E-state index >= 15 is 0 Å². The summed E-state index contributed by atoms with van der Waals surface area (Å²) < 4.78 is 0. The number of Topliss-reactive ketones (excluding diaryl/α,β-unsaturated/α-hetero) is 1. The van der Waals surface area contributed by atoms with Crippen LogP contribution in [0.2, 0.25) is 0 Å². The number of benzene rings is 2. The SMILES string of the molecule is CC1CN(c2ccccc2)c2ccccc2C1=O. The van der Waals surface area contributed by atoms with E-state index in [2.05, 4.69) is 17.0 Å². The van der Waals surface area contributed by atoms with Crippen LogP contribution in [-0.4, -0.2) is 12.3 Å². The van der Waals surface area contributed by atoms with Crippen LogP contribution in [0.15, 0.2) is 54.6 Å². The van der Waals surface area contributed by atoms with Crippen LogP contribution in [0.3, 0.4) is 0 Å². The highest BCUT2D eigenvalue weighted by Gasteiger charge is 2.29. The molecule has 0 amide bonds. The predicted molar refractivity (Wildman–Crippen MR) is 73.4 cm³/mol. The van der Waals surface area contributed by atoms with Crippen molar-refractivity contribution in [3.05, 3.63) is 60.2 Å². The summed E-state index contributed by atoms with van der Waals surface area (Å²) in [5.41, 5.74) is 3.00. The summed E-state index contributed by atoms with van der Waals surface area (Å²) in [6.07, 6.45) is 0. The number of nitrogens with zero attached hydrogens (tertiary/aromatic N) is 1. The van der Waals surface area contributed by atoms with Crippen molar-refractivity contribution < 1.29 is 4.79 Å². The number of carbonyl (C=O) groups is 1. The van der Waals surface area contributed by atoms with Crippen molar-refractivity contribution in [2.45, 2.75) is 6.92 Å². The zero-order valence-electron chi connectivity index (χ0n) is 10.3. The summed E-state index contributed by atoms with van der Waals surface area (Å²) in [6.45, 7) is 2.74. The molecule has 1 aliphatic heterocycles. The Morgan fingerprint density at radius 1 is 1.00 bits per heavy atom. The van der Waals surface area contributed by atoms with Gasteiger partial charge in [-0.25, -0.2) is 0 Å². The van der Waals surface area contributed by atoms with Gasteiger partial charge < -0.3 is 4.90 Å². The smallest absolute Gasteiger partial charge is 0.169 e. The van der Waals surface area contributed by atoms with Gasteiger partial charge in [0.15, 0.2) is 5.78 Å². The molecular weight excluding hydrogens is 222 g/mol. The van der Waals surface area contributed by atoms with Gasteiger partial charge in [-0.05, 0) is 24.3 Å². The molecule has 0 radical (unpaired) electrons. The van der Waals surface area contributed by atoms with E-state index in [0.717, 1.165) is 23.5 Å². The molecule has 0 N–H and O–H groups in total. The fourth-order valence-electron chi connectivity index (χ4n) is 2.49. The van der Waals surface area contributed by atoms with Crippen LogP contribution in [0.25, 0.3) is 0 Å². The third kappa shape index (κ3) is 1.70. The minimum Gasteiger partial charge on any atom is -0.340 e. The van der Waals surface area contributed by atoms with E-state index in [1.165, 1.54) is 0 Å². The van der Waals surface area contributed by atoms with Crippen molar-refractivity contribution in [3.8, 4) is 0 Å². The van der Waals surface area contributed by atoms with E-state index in [1.807, 2.05) is 49.4 Å². The lowest BCUT2D eigenvalue weighted by atomic mass is 9.92. The minimum atomic E-state index is 0.0418. The summed E-state index contributed by atoms with van der Waals surface area (Å²) in [4.78, 5) is 14.4. The fraction of sp³-hybridized carbons (Fsp3) is 0.188. The summed E-state index contributed by atoms with van der Waals surface area (Å²) >= 11 is 0. The second-order valence-electron chi connectivity index (χ2n) is 4.73. The van der Waals surface area contributed by atoms with E-state index in [-0.39, 0.29) is 11.7 Å². The Balaban J connectivity index is 2.13. The lowest BCUT2D eigenvalue weighted by molar-refractivity contribution is 0.0928. The molecule has 2 heteroatoms. The van der Waals surface area contributed by atoms with Crippen molar-refractivity contribution in [1.82, 2.24) is 0 Å². The average Bonchev–Trinajstić information content (AvgIpc) is 2.44. The number of anilines is 2. The lowest BCUT2D eigenvalue weighted by Gasteiger charge is -2.33. The van der Waals surface area contributed by atoms with Gasteiger partial charge in [0, 0.05) is 23.7 Å². The van der Waals surface area contributed by atoms with Gasteiger partial charge in [0.2, 0.25) is 0 Å². The highest BCUT2D eigenvalue weighted by atomic mass is 16.1. The summed E-state index contributed by atoms with van der Waals surface area (Å²) in [5, 5.41) is 0. The fourth-order valence-corrected chi connectivity index (χ4v) is 2.49. The van der Waals surface area contributed by atoms with Crippen molar-refractivity contribution in [1.29, 1.82) is 0 Å². The quantitative estimate of drug-likeness (QED) is 0.754. The van der Waals surface area contributed by atoms with Crippen molar-refractivity contribution in [2.75, 3.05) is 11.4 Å². The number of carbonyl (C=O) groups excluding carboxylic acids is 1. The van der Waals surface area contributed by atoms with Gasteiger partial charge in [-0.15, -0.1) is 0 Å². The lowest BCUT2D eigenvalue weighted by Crippen LogP contribution is -2.34. The van der Waals surface area contributed by atoms with Crippen LogP contribution in [-0.2, 0) is 0 Å². The average molecular weight is 237 g/mol. The first-order valence-electron chi connectivity index (χ1n) is 6.23. The highest BCUT2D eigenvalue weighted by molar-refractivity contribution is 6.05. The van der Waals surface area contributed by atoms with E-state index in [0.29, 0.717) is 0 Å². The summed E-state index contributed by atoms with van der Waals surface area (Å²) in [7, 11) is 0. The molecule has 1 atom stereocenters. The van der Waals surface area contributed by atoms with Crippen LogP contribution >= 0.6 is 0 Å². The molecule has 0 fully saturated rings. The van der Waals surface area contributed by atoms with Gasteiger partial charge in [-0.3, -0.25) is 4.79 Å². The van der Waals surface area contributed by atoms with Gasteiger partial charge in [-0.2, -0.15) is 0 Å². The van der Waals surface area contributed by atoms with Crippen LogP contribution in [0.5, 0.6) is 0 Å². The molecule has 0 bridgehead atoms. The Bertz CT molecular complexity index is 577. The Morgan fingerprint density at radius 3 is 2.44 bits per heavy atom. The standard InChI is InChI=1S/C16H15NO/c1-12-11-17(13-7-3-2-4-8-13)15-10-6-5-9-14(15)16(12)18/h2-10,12H,11H2,1H3. The van der Waals surface area contributed by atoms with Crippen LogP contribution in [0.1, 0.15) is 17.3 Å². The number of rotatable bonds is 1. The Morgan fingerprint density at radius 2 is 1.67 bits per heavy atom. The molecule has 1 heterocycles. The first kappa shape index (κ1) is 11.0. The molecule has 1 aliphatic rings. The first-order valence-corrected chi connectivity index (χ1v) is 6.23. The molecule has 0 saturated carbocycles. The van der Waals surface area contributed by atoms with Gasteiger partial charge in [0.25, 0.3) is 0 Å². The number of fused-ring (bicyclic) bond motifs is 1. The monoisotopic (exact) mass is 237 g/mol. The van der Waals surface area contributed by atoms with E-state index in [1.54, 1.807) is 0 Å². The Hall–Kier alpha value is -2.09. The Labute approximate surface area is 107 Å². The van der Waals surface area contributed by atoms with Crippen molar-refractivity contribution >= 4 is 17.2 Å². The molecule has 0 aromatic heterocycles. The summed E-state index contributed by atoms with van der Waals surface area (Å²) in [5.74, 6) is 0.290. The molecule has 0 spiro atoms. The molecule has 2 nitrogen and oxygen atoms in total. The van der Waals surface area contributed by atoms with Gasteiger partial charge in [0.1, 0.15) is 0 Å². The second kappa shape index (κ2) is 4.30. The van der Waals surface area contributed by atoms with Crippen LogP contribution in [0.4, 0.5) is 11.4 Å². The van der Waals surface area contributed by atoms with Crippen LogP contribution < -0.4 is 4.90 Å². The van der Waals surface area contributed by atoms with Gasteiger partial charge in [-0.1, -0.05) is 37.3 Å². The topological polar surface area (TPSA) is 20.3 Å².